The number of rotatable bonds is 10. The molecule has 0 saturated heterocycles. The van der Waals surface area contributed by atoms with Crippen LogP contribution in [0.5, 0.6) is 0 Å². The van der Waals surface area contributed by atoms with Crippen molar-refractivity contribution in [1.29, 1.82) is 0 Å². The molecule has 0 radical (unpaired) electrons. The topological polar surface area (TPSA) is 40.5 Å². The monoisotopic (exact) mass is 252 g/mol. The third-order valence-electron chi connectivity index (χ3n) is 2.55. The summed E-state index contributed by atoms with van der Waals surface area (Å²) < 4.78 is 0. The first-order valence-electron chi connectivity index (χ1n) is 6.11. The lowest BCUT2D eigenvalue weighted by Gasteiger charge is -2.06. The van der Waals surface area contributed by atoms with E-state index in [1.54, 1.807) is 0 Å². The Labute approximate surface area is 99.3 Å². The first-order chi connectivity index (χ1) is 7.06. The number of unbranched alkanes of at least 4 members (excludes halogenated alkanes) is 8. The van der Waals surface area contributed by atoms with Gasteiger partial charge in [-0.05, 0) is 18.2 Å². The third-order valence-corrected chi connectivity index (χ3v) is 4.00. The van der Waals surface area contributed by atoms with Crippen molar-refractivity contribution in [3.8, 4) is 0 Å². The summed E-state index contributed by atoms with van der Waals surface area (Å²) in [5, 5.41) is 0. The van der Waals surface area contributed by atoms with E-state index in [1.807, 2.05) is 0 Å². The van der Waals surface area contributed by atoms with Crippen LogP contribution in [0.15, 0.2) is 0 Å². The van der Waals surface area contributed by atoms with E-state index in [2.05, 4.69) is 18.7 Å². The number of hydrogen-bond acceptors (Lipinski definition) is 1. The highest BCUT2D eigenvalue weighted by atomic mass is 32.5. The van der Waals surface area contributed by atoms with Crippen LogP contribution in [0.2, 0.25) is 0 Å². The van der Waals surface area contributed by atoms with Crippen molar-refractivity contribution in [2.24, 2.45) is 0 Å². The average molecular weight is 252 g/mol. The second-order valence-corrected chi connectivity index (χ2v) is 7.75. The zero-order valence-electron chi connectivity index (χ0n) is 9.82. The molecule has 0 aliphatic rings. The molecular weight excluding hydrogens is 227 g/mol. The molecule has 2 nitrogen and oxygen atoms in total. The second kappa shape index (κ2) is 9.77. The Kier molecular flexibility index (Phi) is 10.1. The zero-order valence-corrected chi connectivity index (χ0v) is 11.5. The highest BCUT2D eigenvalue weighted by molar-refractivity contribution is 8.09. The molecule has 0 aromatic carbocycles. The maximum Gasteiger partial charge on any atom is 0.183 e. The molecule has 0 unspecified atom stereocenters. The van der Waals surface area contributed by atoms with Gasteiger partial charge in [-0.1, -0.05) is 58.3 Å². The summed E-state index contributed by atoms with van der Waals surface area (Å²) in [5.41, 5.74) is 0. The molecule has 0 bridgehead atoms. The Morgan fingerprint density at radius 3 is 1.60 bits per heavy atom. The molecule has 0 heterocycles. The van der Waals surface area contributed by atoms with Crippen molar-refractivity contribution < 1.29 is 9.79 Å². The molecule has 92 valence electrons. The van der Waals surface area contributed by atoms with Crippen molar-refractivity contribution in [2.45, 2.75) is 64.7 Å². The third kappa shape index (κ3) is 14.6. The summed E-state index contributed by atoms with van der Waals surface area (Å²) in [7, 11) is 0. The van der Waals surface area contributed by atoms with Crippen LogP contribution in [-0.2, 0) is 11.8 Å². The molecular formula is C11H25O2PS. The molecule has 0 atom stereocenters. The summed E-state index contributed by atoms with van der Waals surface area (Å²) in [4.78, 5) is 18.0. The van der Waals surface area contributed by atoms with Crippen LogP contribution < -0.4 is 0 Å². The molecule has 0 aliphatic heterocycles. The van der Waals surface area contributed by atoms with E-state index in [-0.39, 0.29) is 0 Å². The van der Waals surface area contributed by atoms with Crippen molar-refractivity contribution in [2.75, 3.05) is 6.16 Å². The van der Waals surface area contributed by atoms with Gasteiger partial charge in [0.2, 0.25) is 0 Å². The standard InChI is InChI=1S/C11H25O2PS/c1-2-3-4-5-6-7-8-9-10-11-14(12,13)15/h2-11H2,1H3,(H2,12,13,15). The van der Waals surface area contributed by atoms with Gasteiger partial charge in [-0.3, -0.25) is 0 Å². The van der Waals surface area contributed by atoms with Gasteiger partial charge in [0, 0.05) is 6.16 Å². The van der Waals surface area contributed by atoms with E-state index >= 15 is 0 Å². The Bertz CT molecular complexity index is 179. The van der Waals surface area contributed by atoms with Crippen molar-refractivity contribution in [3.05, 3.63) is 0 Å². The summed E-state index contributed by atoms with van der Waals surface area (Å²) in [5.74, 6) is 0. The van der Waals surface area contributed by atoms with Gasteiger partial charge in [0.1, 0.15) is 0 Å². The maximum absolute atomic E-state index is 9.00. The van der Waals surface area contributed by atoms with E-state index in [0.717, 1.165) is 12.8 Å². The first kappa shape index (κ1) is 15.6. The largest absolute Gasteiger partial charge is 0.345 e. The van der Waals surface area contributed by atoms with Gasteiger partial charge in [0.15, 0.2) is 6.49 Å². The Hall–Kier alpha value is 0.570. The Morgan fingerprint density at radius 1 is 0.800 bits per heavy atom. The normalized spacial score (nSPS) is 11.9. The fourth-order valence-electron chi connectivity index (χ4n) is 1.63. The lowest BCUT2D eigenvalue weighted by Crippen LogP contribution is -1.88. The van der Waals surface area contributed by atoms with E-state index in [0.29, 0.717) is 6.16 Å². The Morgan fingerprint density at radius 2 is 1.20 bits per heavy atom. The van der Waals surface area contributed by atoms with Crippen LogP contribution in [0, 0.1) is 0 Å². The van der Waals surface area contributed by atoms with Crippen molar-refractivity contribution in [1.82, 2.24) is 0 Å². The van der Waals surface area contributed by atoms with Gasteiger partial charge in [-0.2, -0.15) is 0 Å². The van der Waals surface area contributed by atoms with E-state index in [1.165, 1.54) is 44.9 Å². The van der Waals surface area contributed by atoms with Gasteiger partial charge < -0.3 is 9.79 Å². The van der Waals surface area contributed by atoms with Crippen LogP contribution in [0.3, 0.4) is 0 Å². The van der Waals surface area contributed by atoms with Crippen LogP contribution in [0.1, 0.15) is 64.7 Å². The minimum absolute atomic E-state index is 0.429. The highest BCUT2D eigenvalue weighted by Crippen LogP contribution is 2.36. The van der Waals surface area contributed by atoms with Crippen molar-refractivity contribution >= 4 is 18.3 Å². The van der Waals surface area contributed by atoms with Crippen LogP contribution in [-0.4, -0.2) is 15.9 Å². The molecule has 0 spiro atoms. The minimum atomic E-state index is -2.90. The van der Waals surface area contributed by atoms with Crippen molar-refractivity contribution in [3.63, 3.8) is 0 Å². The fraction of sp³-hybridized carbons (Fsp3) is 1.00. The molecule has 0 saturated carbocycles. The lowest BCUT2D eigenvalue weighted by atomic mass is 10.1. The molecule has 15 heavy (non-hydrogen) atoms. The van der Waals surface area contributed by atoms with Gasteiger partial charge in [-0.25, -0.2) is 0 Å². The molecule has 0 aromatic heterocycles. The predicted molar refractivity (Wildman–Crippen MR) is 70.8 cm³/mol. The van der Waals surface area contributed by atoms with E-state index in [4.69, 9.17) is 9.79 Å². The van der Waals surface area contributed by atoms with E-state index < -0.39 is 6.49 Å². The predicted octanol–water partition coefficient (Wildman–Crippen LogP) is 3.81. The zero-order chi connectivity index (χ0) is 11.6. The quantitative estimate of drug-likeness (QED) is 0.459. The van der Waals surface area contributed by atoms with Crippen LogP contribution >= 0.6 is 6.49 Å². The average Bonchev–Trinajstić information content (AvgIpc) is 2.14. The van der Waals surface area contributed by atoms with Gasteiger partial charge >= 0.3 is 0 Å². The SMILES string of the molecule is CCCCCCCCCCCP(O)(O)=S. The molecule has 0 fully saturated rings. The van der Waals surface area contributed by atoms with Gasteiger partial charge in [0.05, 0.1) is 0 Å². The lowest BCUT2D eigenvalue weighted by molar-refractivity contribution is 0.473. The maximum atomic E-state index is 9.00. The molecule has 0 aliphatic carbocycles. The highest BCUT2D eigenvalue weighted by Gasteiger charge is 2.05. The number of hydrogen-bond donors (Lipinski definition) is 2. The summed E-state index contributed by atoms with van der Waals surface area (Å²) in [6.07, 6.45) is 11.6. The second-order valence-electron chi connectivity index (χ2n) is 4.22. The summed E-state index contributed by atoms with van der Waals surface area (Å²) in [6, 6.07) is 0. The summed E-state index contributed by atoms with van der Waals surface area (Å²) in [6.45, 7) is -0.673. The van der Waals surface area contributed by atoms with E-state index in [9.17, 15) is 0 Å². The molecule has 0 amide bonds. The first-order valence-corrected chi connectivity index (χ1v) is 9.00. The minimum Gasteiger partial charge on any atom is -0.345 e. The molecule has 4 heteroatoms. The summed E-state index contributed by atoms with van der Waals surface area (Å²) >= 11 is 4.56. The molecule has 2 N–H and O–H groups in total. The smallest absolute Gasteiger partial charge is 0.183 e. The van der Waals surface area contributed by atoms with Gasteiger partial charge in [0.25, 0.3) is 0 Å². The van der Waals surface area contributed by atoms with Gasteiger partial charge in [-0.15, -0.1) is 0 Å². The molecule has 0 aromatic rings. The van der Waals surface area contributed by atoms with Crippen LogP contribution in [0.4, 0.5) is 0 Å². The fourth-order valence-corrected chi connectivity index (χ4v) is 2.65. The Balaban J connectivity index is 3.02. The van der Waals surface area contributed by atoms with Crippen LogP contribution in [0.25, 0.3) is 0 Å². The molecule has 0 rings (SSSR count).